The lowest BCUT2D eigenvalue weighted by atomic mass is 9.81. The van der Waals surface area contributed by atoms with Crippen LogP contribution in [-0.2, 0) is 38.1 Å². The van der Waals surface area contributed by atoms with Crippen molar-refractivity contribution in [1.82, 2.24) is 10.6 Å². The molecule has 3 aliphatic rings. The number of amides is 1. The third kappa shape index (κ3) is 12.3. The van der Waals surface area contributed by atoms with Crippen LogP contribution in [0, 0.1) is 5.92 Å². The lowest BCUT2D eigenvalue weighted by Gasteiger charge is -2.46. The number of unbranched alkanes of at least 4 members (excludes halogenated alkanes) is 1. The van der Waals surface area contributed by atoms with Crippen molar-refractivity contribution in [3.63, 3.8) is 0 Å². The number of likely N-dealkylation sites (N-methyl/N-ethyl adjacent to an activating group) is 1. The summed E-state index contributed by atoms with van der Waals surface area (Å²) >= 11 is 0. The van der Waals surface area contributed by atoms with E-state index >= 15 is 0 Å². The number of aliphatic hydroxyl groups is 10. The Kier molecular flexibility index (Phi) is 18.8. The van der Waals surface area contributed by atoms with Gasteiger partial charge >= 0.3 is 0 Å². The predicted molar refractivity (Wildman–Crippen MR) is 173 cm³/mol. The van der Waals surface area contributed by atoms with Gasteiger partial charge in [0, 0.05) is 44.8 Å². The molecule has 2 saturated heterocycles. The Hall–Kier alpha value is -1.83. The van der Waals surface area contributed by atoms with Crippen LogP contribution in [0.15, 0.2) is 0 Å². The van der Waals surface area contributed by atoms with Crippen LogP contribution in [0.2, 0.25) is 0 Å². The molecule has 2 heterocycles. The Balaban J connectivity index is 1.57. The van der Waals surface area contributed by atoms with Crippen molar-refractivity contribution in [1.29, 1.82) is 0 Å². The van der Waals surface area contributed by atoms with Crippen molar-refractivity contribution in [2.75, 3.05) is 46.6 Å². The molecule has 2 aliphatic heterocycles. The van der Waals surface area contributed by atoms with E-state index in [2.05, 4.69) is 10.6 Å². The number of nitrogens with one attached hydrogen (secondary N) is 2. The van der Waals surface area contributed by atoms with E-state index in [-0.39, 0.29) is 69.3 Å². The molecule has 3 rings (SSSR count). The summed E-state index contributed by atoms with van der Waals surface area (Å²) in [5.74, 6) is -1.29. The van der Waals surface area contributed by atoms with Crippen LogP contribution in [0.1, 0.15) is 44.9 Å². The molecule has 1 aliphatic carbocycles. The molecular formula is C32H56N2O18. The molecule has 12 N–H and O–H groups in total. The van der Waals surface area contributed by atoms with Crippen molar-refractivity contribution >= 4 is 17.5 Å². The van der Waals surface area contributed by atoms with Crippen LogP contribution in [0.25, 0.3) is 0 Å². The van der Waals surface area contributed by atoms with Gasteiger partial charge in [-0.2, -0.15) is 0 Å². The van der Waals surface area contributed by atoms with Gasteiger partial charge in [-0.3, -0.25) is 14.4 Å². The Labute approximate surface area is 300 Å². The fourth-order valence-corrected chi connectivity index (χ4v) is 6.27. The molecule has 0 aromatic heterocycles. The highest BCUT2D eigenvalue weighted by molar-refractivity contribution is 5.87. The summed E-state index contributed by atoms with van der Waals surface area (Å²) in [6.45, 7) is -1.85. The van der Waals surface area contributed by atoms with Crippen molar-refractivity contribution in [3.8, 4) is 0 Å². The monoisotopic (exact) mass is 756 g/mol. The fraction of sp³-hybridized carbons (Fsp3) is 0.906. The van der Waals surface area contributed by atoms with E-state index in [1.165, 1.54) is 0 Å². The first kappa shape index (κ1) is 44.6. The number of carbonyl (C=O) groups excluding carboxylic acids is 3. The van der Waals surface area contributed by atoms with Gasteiger partial charge in [-0.25, -0.2) is 0 Å². The molecule has 0 aromatic carbocycles. The van der Waals surface area contributed by atoms with Crippen LogP contribution in [0.4, 0.5) is 0 Å². The summed E-state index contributed by atoms with van der Waals surface area (Å²) in [6.07, 6.45) is -20.9. The van der Waals surface area contributed by atoms with Gasteiger partial charge in [0.05, 0.1) is 38.6 Å². The smallest absolute Gasteiger partial charge is 0.220 e. The van der Waals surface area contributed by atoms with Gasteiger partial charge in [-0.1, -0.05) is 0 Å². The van der Waals surface area contributed by atoms with Crippen molar-refractivity contribution in [2.24, 2.45) is 5.92 Å². The summed E-state index contributed by atoms with van der Waals surface area (Å²) in [5, 5.41) is 108. The molecule has 1 amide bonds. The maximum absolute atomic E-state index is 12.3. The van der Waals surface area contributed by atoms with E-state index in [1.807, 2.05) is 0 Å². The fourth-order valence-electron chi connectivity index (χ4n) is 6.27. The third-order valence-corrected chi connectivity index (χ3v) is 9.46. The number of hydrogen-bond acceptors (Lipinski definition) is 19. The molecule has 0 spiro atoms. The molecule has 3 fully saturated rings. The predicted octanol–water partition coefficient (Wildman–Crippen LogP) is -6.07. The number of ketones is 2. The highest BCUT2D eigenvalue weighted by Gasteiger charge is 2.52. The van der Waals surface area contributed by atoms with Crippen LogP contribution in [0.3, 0.4) is 0 Å². The van der Waals surface area contributed by atoms with Gasteiger partial charge < -0.3 is 85.4 Å². The molecule has 20 nitrogen and oxygen atoms in total. The lowest BCUT2D eigenvalue weighted by Crippen LogP contribution is -2.65. The largest absolute Gasteiger partial charge is 0.396 e. The first-order chi connectivity index (χ1) is 24.7. The Bertz CT molecular complexity index is 1100. The summed E-state index contributed by atoms with van der Waals surface area (Å²) < 4.78 is 28.2. The van der Waals surface area contributed by atoms with Gasteiger partial charge in [-0.15, -0.1) is 0 Å². The van der Waals surface area contributed by atoms with E-state index in [4.69, 9.17) is 23.7 Å². The van der Waals surface area contributed by atoms with Crippen LogP contribution < -0.4 is 10.6 Å². The minimum Gasteiger partial charge on any atom is -0.396 e. The maximum Gasteiger partial charge on any atom is 0.220 e. The highest BCUT2D eigenvalue weighted by atomic mass is 16.7. The Morgan fingerprint density at radius 3 is 2.00 bits per heavy atom. The molecule has 0 bridgehead atoms. The van der Waals surface area contributed by atoms with Gasteiger partial charge in [0.25, 0.3) is 0 Å². The minimum atomic E-state index is -1.88. The summed E-state index contributed by atoms with van der Waals surface area (Å²) in [6, 6.07) is 0. The molecule has 52 heavy (non-hydrogen) atoms. The van der Waals surface area contributed by atoms with Crippen LogP contribution in [-0.4, -0.2) is 201 Å². The van der Waals surface area contributed by atoms with E-state index in [0.717, 1.165) is 0 Å². The van der Waals surface area contributed by atoms with Gasteiger partial charge in [0.15, 0.2) is 12.6 Å². The van der Waals surface area contributed by atoms with Gasteiger partial charge in [0.1, 0.15) is 72.6 Å². The number of hydrogen-bond donors (Lipinski definition) is 12. The Morgan fingerprint density at radius 2 is 1.33 bits per heavy atom. The standard InChI is InChI=1S/C32H56N2O18/c1-33-11-17(38)7-6-16(37)4-2-3-5-21(39)34-8-9-48-31-29(47)30(52-32-28(46)27(45)24(42)19(13-36)50-32)25(43)20(51-31)14-49-18-10-15(12-35)22(40)26(44)23(18)41/h15,18-20,22-33,35-36,40-47H,2-14H2,1H3,(H,34,39)/t15-,18+,19-,20?,22-,23-,24-,25-,26+,27+,28+,29+,30+,31+,32-/m1/s1. The normalized spacial score (nSPS) is 38.2. The number of ether oxygens (including phenoxy) is 5. The van der Waals surface area contributed by atoms with Crippen molar-refractivity contribution in [2.45, 2.75) is 131 Å². The van der Waals surface area contributed by atoms with Crippen molar-refractivity contribution in [3.05, 3.63) is 0 Å². The van der Waals surface area contributed by atoms with Gasteiger partial charge in [0.2, 0.25) is 5.91 Å². The summed E-state index contributed by atoms with van der Waals surface area (Å²) in [4.78, 5) is 35.8. The zero-order valence-corrected chi connectivity index (χ0v) is 29.1. The zero-order valence-electron chi connectivity index (χ0n) is 29.1. The number of Topliss-reactive ketones (excluding diaryl/α,β-unsaturated/α-hetero) is 2. The summed E-state index contributed by atoms with van der Waals surface area (Å²) in [7, 11) is 1.64. The molecule has 0 radical (unpaired) electrons. The van der Waals surface area contributed by atoms with E-state index < -0.39 is 112 Å². The number of aliphatic hydroxyl groups excluding tert-OH is 10. The molecule has 15 atom stereocenters. The second-order valence-corrected chi connectivity index (χ2v) is 13.4. The zero-order chi connectivity index (χ0) is 38.5. The van der Waals surface area contributed by atoms with E-state index in [0.29, 0.717) is 12.8 Å². The van der Waals surface area contributed by atoms with Crippen LogP contribution >= 0.6 is 0 Å². The second-order valence-electron chi connectivity index (χ2n) is 13.4. The van der Waals surface area contributed by atoms with Crippen LogP contribution in [0.5, 0.6) is 0 Å². The topological polar surface area (TPSA) is 324 Å². The third-order valence-electron chi connectivity index (χ3n) is 9.46. The van der Waals surface area contributed by atoms with Crippen molar-refractivity contribution < 1.29 is 89.1 Å². The number of rotatable bonds is 21. The molecule has 0 aromatic rings. The summed E-state index contributed by atoms with van der Waals surface area (Å²) in [5.41, 5.74) is 0. The first-order valence-corrected chi connectivity index (χ1v) is 17.5. The highest BCUT2D eigenvalue weighted by Crippen LogP contribution is 2.32. The minimum absolute atomic E-state index is 0.0447. The number of carbonyl (C=O) groups is 3. The molecule has 1 saturated carbocycles. The molecular weight excluding hydrogens is 700 g/mol. The first-order valence-electron chi connectivity index (χ1n) is 17.5. The van der Waals surface area contributed by atoms with Gasteiger partial charge in [-0.05, 0) is 26.3 Å². The molecule has 302 valence electrons. The van der Waals surface area contributed by atoms with E-state index in [1.54, 1.807) is 7.05 Å². The maximum atomic E-state index is 12.3. The quantitative estimate of drug-likeness (QED) is 0.0485. The van der Waals surface area contributed by atoms with E-state index in [9.17, 15) is 65.4 Å². The average Bonchev–Trinajstić information content (AvgIpc) is 3.12. The average molecular weight is 757 g/mol. The molecule has 1 unspecified atom stereocenters. The molecule has 20 heteroatoms. The lowest BCUT2D eigenvalue weighted by molar-refractivity contribution is -0.361. The SMILES string of the molecule is CNCC(=O)CCC(=O)CCCCC(=O)NCCO[C@H]1OC(CO[C@H]2C[C@H](CO)[C@@H](O)[C@H](O)[C@@H]2O)[C@@H](O)[C@H](O[C@H]2O[C@H](CO)[C@@H](O)[C@H](O)[C@@H]2O)[C@@H]1O. The Morgan fingerprint density at radius 1 is 0.673 bits per heavy atom. The second kappa shape index (κ2) is 21.9.